The summed E-state index contributed by atoms with van der Waals surface area (Å²) in [5, 5.41) is 17.5. The predicted octanol–water partition coefficient (Wildman–Crippen LogP) is 1.65. The number of carbonyl (C=O) groups excluding carboxylic acids is 3. The molecule has 0 aliphatic heterocycles. The molecule has 0 aliphatic rings. The van der Waals surface area contributed by atoms with E-state index in [0.29, 0.717) is 19.3 Å². The summed E-state index contributed by atoms with van der Waals surface area (Å²) in [5.41, 5.74) is 5.97. The molecule has 0 bridgehead atoms. The molecule has 0 fully saturated rings. The molecule has 0 aromatic rings. The van der Waals surface area contributed by atoms with Gasteiger partial charge in [-0.1, -0.05) is 68.2 Å². The minimum atomic E-state index is -1.12. The number of hydrogen-bond acceptors (Lipinski definition) is 5. The topological polar surface area (TPSA) is 151 Å². The second kappa shape index (κ2) is 14.1. The molecule has 6 N–H and O–H groups in total. The normalized spacial score (nSPS) is 17.1. The molecule has 0 rings (SSSR count). The van der Waals surface area contributed by atoms with Gasteiger partial charge in [-0.15, -0.1) is 0 Å². The van der Waals surface area contributed by atoms with E-state index in [0.717, 1.165) is 0 Å². The maximum atomic E-state index is 13.1. The van der Waals surface area contributed by atoms with Gasteiger partial charge in [0.25, 0.3) is 0 Å². The Hall–Kier alpha value is -2.16. The maximum Gasteiger partial charge on any atom is 0.326 e. The van der Waals surface area contributed by atoms with Crippen LogP contribution in [0.4, 0.5) is 0 Å². The highest BCUT2D eigenvalue weighted by Gasteiger charge is 2.34. The second-order valence-corrected chi connectivity index (χ2v) is 9.55. The molecule has 9 heteroatoms. The van der Waals surface area contributed by atoms with Crippen molar-refractivity contribution in [2.45, 2.75) is 98.8 Å². The quantitative estimate of drug-likeness (QED) is 0.268. The van der Waals surface area contributed by atoms with Gasteiger partial charge in [0.05, 0.1) is 6.04 Å². The van der Waals surface area contributed by atoms with E-state index in [-0.39, 0.29) is 23.7 Å². The van der Waals surface area contributed by atoms with Gasteiger partial charge in [0, 0.05) is 0 Å². The third-order valence-corrected chi connectivity index (χ3v) is 5.88. The molecule has 6 atom stereocenters. The summed E-state index contributed by atoms with van der Waals surface area (Å²) in [6, 6.07) is -3.58. The first kappa shape index (κ1) is 29.8. The van der Waals surface area contributed by atoms with Gasteiger partial charge in [-0.3, -0.25) is 14.4 Å². The fourth-order valence-corrected chi connectivity index (χ4v) is 3.28. The number of hydrogen-bond donors (Lipinski definition) is 5. The van der Waals surface area contributed by atoms with Gasteiger partial charge in [0.1, 0.15) is 18.1 Å². The van der Waals surface area contributed by atoms with Gasteiger partial charge in [0.15, 0.2) is 0 Å². The van der Waals surface area contributed by atoms with Crippen LogP contribution in [-0.2, 0) is 19.2 Å². The predicted molar refractivity (Wildman–Crippen MR) is 125 cm³/mol. The molecular weight excluding hydrogens is 412 g/mol. The van der Waals surface area contributed by atoms with Crippen LogP contribution in [0, 0.1) is 23.7 Å². The van der Waals surface area contributed by atoms with Crippen LogP contribution < -0.4 is 21.7 Å². The molecular formula is C23H44N4O5. The Morgan fingerprint density at radius 1 is 0.719 bits per heavy atom. The van der Waals surface area contributed by atoms with Crippen molar-refractivity contribution in [3.05, 3.63) is 0 Å². The minimum absolute atomic E-state index is 0.187. The summed E-state index contributed by atoms with van der Waals surface area (Å²) in [7, 11) is 0. The summed E-state index contributed by atoms with van der Waals surface area (Å²) in [4.78, 5) is 50.1. The average molecular weight is 457 g/mol. The van der Waals surface area contributed by atoms with Crippen LogP contribution in [0.2, 0.25) is 0 Å². The van der Waals surface area contributed by atoms with E-state index in [2.05, 4.69) is 16.0 Å². The number of carbonyl (C=O) groups is 4. The number of carboxylic acid groups (broad SMARTS) is 1. The molecule has 0 aliphatic carbocycles. The largest absolute Gasteiger partial charge is 0.480 e. The van der Waals surface area contributed by atoms with Crippen LogP contribution >= 0.6 is 0 Å². The number of amides is 3. The van der Waals surface area contributed by atoms with Crippen LogP contribution in [-0.4, -0.2) is 53.0 Å². The molecule has 0 saturated carbocycles. The van der Waals surface area contributed by atoms with E-state index in [4.69, 9.17) is 5.73 Å². The van der Waals surface area contributed by atoms with E-state index >= 15 is 0 Å². The summed E-state index contributed by atoms with van der Waals surface area (Å²) in [5.74, 6) is -3.10. The van der Waals surface area contributed by atoms with Gasteiger partial charge >= 0.3 is 5.97 Å². The number of nitrogens with two attached hydrogens (primary N) is 1. The maximum absolute atomic E-state index is 13.1. The van der Waals surface area contributed by atoms with Crippen molar-refractivity contribution >= 4 is 23.7 Å². The Bertz CT molecular complexity index is 638. The Kier molecular flexibility index (Phi) is 13.1. The molecule has 0 spiro atoms. The van der Waals surface area contributed by atoms with Gasteiger partial charge < -0.3 is 26.8 Å². The van der Waals surface area contributed by atoms with Crippen molar-refractivity contribution in [3.8, 4) is 0 Å². The molecule has 9 nitrogen and oxygen atoms in total. The molecule has 0 aromatic carbocycles. The average Bonchev–Trinajstić information content (AvgIpc) is 2.71. The Balaban J connectivity index is 5.51. The molecule has 0 radical (unpaired) electrons. The zero-order chi connectivity index (χ0) is 25.2. The summed E-state index contributed by atoms with van der Waals surface area (Å²) < 4.78 is 0. The highest BCUT2D eigenvalue weighted by Crippen LogP contribution is 2.13. The van der Waals surface area contributed by atoms with Gasteiger partial charge in [-0.25, -0.2) is 4.79 Å². The number of aliphatic carboxylic acids is 1. The van der Waals surface area contributed by atoms with Gasteiger partial charge in [-0.2, -0.15) is 0 Å². The monoisotopic (exact) mass is 456 g/mol. The lowest BCUT2D eigenvalue weighted by molar-refractivity contribution is -0.144. The van der Waals surface area contributed by atoms with E-state index in [9.17, 15) is 24.3 Å². The first-order valence-corrected chi connectivity index (χ1v) is 11.7. The summed E-state index contributed by atoms with van der Waals surface area (Å²) in [6.45, 7) is 14.8. The van der Waals surface area contributed by atoms with Gasteiger partial charge in [-0.05, 0) is 30.1 Å². The summed E-state index contributed by atoms with van der Waals surface area (Å²) >= 11 is 0. The molecule has 186 valence electrons. The third kappa shape index (κ3) is 9.54. The highest BCUT2D eigenvalue weighted by molar-refractivity contribution is 5.94. The van der Waals surface area contributed by atoms with Crippen molar-refractivity contribution in [2.75, 3.05) is 0 Å². The van der Waals surface area contributed by atoms with E-state index < -0.39 is 47.9 Å². The number of carboxylic acids is 1. The lowest BCUT2D eigenvalue weighted by Crippen LogP contribution is -2.60. The van der Waals surface area contributed by atoms with Crippen molar-refractivity contribution in [1.82, 2.24) is 16.0 Å². The molecule has 0 aromatic heterocycles. The highest BCUT2D eigenvalue weighted by atomic mass is 16.4. The standard InChI is InChI=1S/C23H44N4O5/c1-9-14(7)18(26-20(28)16(24)11-12(3)4)22(30)25-17(13(5)6)21(29)27-19(23(31)32)15(8)10-2/h12-19H,9-11,24H2,1-8H3,(H,25,30)(H,26,28)(H,27,29)(H,31,32). The van der Waals surface area contributed by atoms with Crippen LogP contribution in [0.3, 0.4) is 0 Å². The molecule has 32 heavy (non-hydrogen) atoms. The summed E-state index contributed by atoms with van der Waals surface area (Å²) in [6.07, 6.45) is 1.70. The van der Waals surface area contributed by atoms with E-state index in [1.54, 1.807) is 20.8 Å². The Labute approximate surface area is 192 Å². The first-order valence-electron chi connectivity index (χ1n) is 11.7. The van der Waals surface area contributed by atoms with Crippen LogP contribution in [0.15, 0.2) is 0 Å². The lowest BCUT2D eigenvalue weighted by Gasteiger charge is -2.30. The Morgan fingerprint density at radius 2 is 1.12 bits per heavy atom. The molecule has 6 unspecified atom stereocenters. The minimum Gasteiger partial charge on any atom is -0.480 e. The third-order valence-electron chi connectivity index (χ3n) is 5.88. The van der Waals surface area contributed by atoms with Crippen molar-refractivity contribution in [3.63, 3.8) is 0 Å². The SMILES string of the molecule is CCC(C)C(NC(=O)C(NC(=O)C(NC(=O)C(N)CC(C)C)C(C)CC)C(C)C)C(=O)O. The zero-order valence-corrected chi connectivity index (χ0v) is 20.9. The number of rotatable bonds is 14. The number of nitrogens with one attached hydrogen (secondary N) is 3. The Morgan fingerprint density at radius 3 is 1.53 bits per heavy atom. The lowest BCUT2D eigenvalue weighted by atomic mass is 9.95. The van der Waals surface area contributed by atoms with Crippen LogP contribution in [0.5, 0.6) is 0 Å². The zero-order valence-electron chi connectivity index (χ0n) is 20.9. The smallest absolute Gasteiger partial charge is 0.326 e. The van der Waals surface area contributed by atoms with Crippen molar-refractivity contribution < 1.29 is 24.3 Å². The van der Waals surface area contributed by atoms with Crippen LogP contribution in [0.25, 0.3) is 0 Å². The van der Waals surface area contributed by atoms with Crippen molar-refractivity contribution in [1.29, 1.82) is 0 Å². The van der Waals surface area contributed by atoms with E-state index in [1.165, 1.54) is 0 Å². The fraction of sp³-hybridized carbons (Fsp3) is 0.826. The first-order chi connectivity index (χ1) is 14.8. The second-order valence-electron chi connectivity index (χ2n) is 9.55. The molecule has 3 amide bonds. The molecule has 0 heterocycles. The molecule has 0 saturated heterocycles. The van der Waals surface area contributed by atoms with Crippen molar-refractivity contribution in [2.24, 2.45) is 29.4 Å². The van der Waals surface area contributed by atoms with E-state index in [1.807, 2.05) is 34.6 Å². The van der Waals surface area contributed by atoms with Gasteiger partial charge in [0.2, 0.25) is 17.7 Å². The fourth-order valence-electron chi connectivity index (χ4n) is 3.28. The van der Waals surface area contributed by atoms with Crippen LogP contribution in [0.1, 0.15) is 74.7 Å².